The first-order valence-corrected chi connectivity index (χ1v) is 4.26. The molecule has 0 aromatic carbocycles. The fourth-order valence-electron chi connectivity index (χ4n) is 1.27. The fourth-order valence-corrected chi connectivity index (χ4v) is 1.27. The van der Waals surface area contributed by atoms with Crippen LogP contribution in [0.4, 0.5) is 13.2 Å². The van der Waals surface area contributed by atoms with Crippen molar-refractivity contribution in [3.05, 3.63) is 35.5 Å². The first kappa shape index (κ1) is 11.0. The molecule has 0 unspecified atom stereocenters. The largest absolute Gasteiger partial charge is 0.416 e. The van der Waals surface area contributed by atoms with Gasteiger partial charge in [0.2, 0.25) is 0 Å². The van der Waals surface area contributed by atoms with E-state index in [1.54, 1.807) is 0 Å². The monoisotopic (exact) mass is 203 g/mol. The average Bonchev–Trinajstić information content (AvgIpc) is 2.45. The van der Waals surface area contributed by atoms with Gasteiger partial charge in [-0.2, -0.15) is 13.2 Å². The van der Waals surface area contributed by atoms with Crippen LogP contribution in [0, 0.1) is 0 Å². The van der Waals surface area contributed by atoms with Crippen molar-refractivity contribution < 1.29 is 13.2 Å². The molecular formula is C10H12F3N. The fraction of sp³-hybridized carbons (Fsp3) is 0.400. The minimum Gasteiger partial charge on any atom is -0.309 e. The SMILES string of the molecule is C=C/C(=C\C1=C(C)CNC1)C(F)(F)F. The molecule has 1 aliphatic rings. The van der Waals surface area contributed by atoms with E-state index >= 15 is 0 Å². The van der Waals surface area contributed by atoms with Gasteiger partial charge in [0.25, 0.3) is 0 Å². The standard InChI is InChI=1S/C10H12F3N/c1-3-9(10(11,12)13)4-8-6-14-5-7(8)2/h3-4,14H,1,5-6H2,2H3/b9-4+. The number of hydrogen-bond donors (Lipinski definition) is 1. The Hall–Kier alpha value is -1.03. The van der Waals surface area contributed by atoms with E-state index in [2.05, 4.69) is 11.9 Å². The van der Waals surface area contributed by atoms with E-state index in [-0.39, 0.29) is 0 Å². The first-order valence-electron chi connectivity index (χ1n) is 4.26. The van der Waals surface area contributed by atoms with Crippen molar-refractivity contribution in [2.75, 3.05) is 13.1 Å². The predicted molar refractivity (Wildman–Crippen MR) is 49.9 cm³/mol. The third-order valence-electron chi connectivity index (χ3n) is 2.13. The van der Waals surface area contributed by atoms with Gasteiger partial charge in [0.15, 0.2) is 0 Å². The lowest BCUT2D eigenvalue weighted by Gasteiger charge is -2.07. The van der Waals surface area contributed by atoms with Gasteiger partial charge in [0.05, 0.1) is 5.57 Å². The molecule has 14 heavy (non-hydrogen) atoms. The molecule has 0 amide bonds. The number of rotatable bonds is 2. The number of allylic oxidation sites excluding steroid dienone is 2. The Labute approximate surface area is 81.0 Å². The highest BCUT2D eigenvalue weighted by molar-refractivity contribution is 5.38. The number of hydrogen-bond acceptors (Lipinski definition) is 1. The summed E-state index contributed by atoms with van der Waals surface area (Å²) in [7, 11) is 0. The third-order valence-corrected chi connectivity index (χ3v) is 2.13. The van der Waals surface area contributed by atoms with Crippen LogP contribution in [-0.4, -0.2) is 19.3 Å². The predicted octanol–water partition coefficient (Wildman–Crippen LogP) is 2.58. The van der Waals surface area contributed by atoms with Crippen LogP contribution >= 0.6 is 0 Å². The lowest BCUT2D eigenvalue weighted by Crippen LogP contribution is -2.11. The van der Waals surface area contributed by atoms with Crippen molar-refractivity contribution in [1.82, 2.24) is 5.32 Å². The van der Waals surface area contributed by atoms with E-state index < -0.39 is 11.7 Å². The molecule has 1 N–H and O–H groups in total. The molecule has 1 nitrogen and oxygen atoms in total. The molecule has 0 saturated carbocycles. The summed E-state index contributed by atoms with van der Waals surface area (Å²) in [4.78, 5) is 0. The van der Waals surface area contributed by atoms with E-state index in [1.807, 2.05) is 6.92 Å². The lowest BCUT2D eigenvalue weighted by molar-refractivity contribution is -0.0881. The van der Waals surface area contributed by atoms with Crippen LogP contribution in [0.1, 0.15) is 6.92 Å². The van der Waals surface area contributed by atoms with E-state index in [0.717, 1.165) is 17.7 Å². The minimum atomic E-state index is -4.31. The zero-order valence-electron chi connectivity index (χ0n) is 7.91. The van der Waals surface area contributed by atoms with Gasteiger partial charge in [-0.05, 0) is 18.6 Å². The van der Waals surface area contributed by atoms with E-state index in [9.17, 15) is 13.2 Å². The maximum Gasteiger partial charge on any atom is 0.416 e. The zero-order chi connectivity index (χ0) is 10.8. The summed E-state index contributed by atoms with van der Waals surface area (Å²) in [5, 5.41) is 2.98. The number of halogens is 3. The van der Waals surface area contributed by atoms with Crippen LogP contribution in [0.3, 0.4) is 0 Å². The Bertz CT molecular complexity index is 297. The number of alkyl halides is 3. The molecule has 0 spiro atoms. The molecule has 1 heterocycles. The molecule has 0 radical (unpaired) electrons. The van der Waals surface area contributed by atoms with E-state index in [0.29, 0.717) is 18.7 Å². The Morgan fingerprint density at radius 1 is 1.43 bits per heavy atom. The van der Waals surface area contributed by atoms with Gasteiger partial charge in [-0.3, -0.25) is 0 Å². The highest BCUT2D eigenvalue weighted by Crippen LogP contribution is 2.28. The maximum absolute atomic E-state index is 12.3. The second kappa shape index (κ2) is 4.00. The Morgan fingerprint density at radius 3 is 2.43 bits per heavy atom. The van der Waals surface area contributed by atoms with Gasteiger partial charge in [0, 0.05) is 13.1 Å². The van der Waals surface area contributed by atoms with Crippen LogP contribution in [0.2, 0.25) is 0 Å². The van der Waals surface area contributed by atoms with Crippen LogP contribution in [0.5, 0.6) is 0 Å². The molecule has 0 saturated heterocycles. The molecule has 1 rings (SSSR count). The summed E-state index contributed by atoms with van der Waals surface area (Å²) < 4.78 is 37.0. The molecule has 4 heteroatoms. The van der Waals surface area contributed by atoms with Gasteiger partial charge in [0.1, 0.15) is 0 Å². The second-order valence-corrected chi connectivity index (χ2v) is 3.21. The molecule has 0 aromatic rings. The van der Waals surface area contributed by atoms with Crippen molar-refractivity contribution >= 4 is 0 Å². The molecule has 1 aliphatic heterocycles. The van der Waals surface area contributed by atoms with Crippen LogP contribution in [0.25, 0.3) is 0 Å². The summed E-state index contributed by atoms with van der Waals surface area (Å²) in [5.74, 6) is 0. The van der Waals surface area contributed by atoms with E-state index in [1.165, 1.54) is 0 Å². The summed E-state index contributed by atoms with van der Waals surface area (Å²) in [6.07, 6.45) is -2.31. The van der Waals surface area contributed by atoms with Crippen LogP contribution in [0.15, 0.2) is 35.5 Å². The molecule has 0 aliphatic carbocycles. The second-order valence-electron chi connectivity index (χ2n) is 3.21. The van der Waals surface area contributed by atoms with Crippen LogP contribution < -0.4 is 5.32 Å². The first-order chi connectivity index (χ1) is 6.45. The van der Waals surface area contributed by atoms with E-state index in [4.69, 9.17) is 0 Å². The van der Waals surface area contributed by atoms with Crippen molar-refractivity contribution in [2.24, 2.45) is 0 Å². The Morgan fingerprint density at radius 2 is 2.07 bits per heavy atom. The molecule has 0 fully saturated rings. The molecule has 78 valence electrons. The quantitative estimate of drug-likeness (QED) is 0.680. The number of nitrogens with one attached hydrogen (secondary N) is 1. The smallest absolute Gasteiger partial charge is 0.309 e. The van der Waals surface area contributed by atoms with Gasteiger partial charge < -0.3 is 5.32 Å². The summed E-state index contributed by atoms with van der Waals surface area (Å²) in [6.45, 7) is 6.15. The normalized spacial score (nSPS) is 19.0. The summed E-state index contributed by atoms with van der Waals surface area (Å²) >= 11 is 0. The zero-order valence-corrected chi connectivity index (χ0v) is 7.91. The summed E-state index contributed by atoms with van der Waals surface area (Å²) in [5.41, 5.74) is 0.973. The van der Waals surface area contributed by atoms with Crippen molar-refractivity contribution in [3.8, 4) is 0 Å². The van der Waals surface area contributed by atoms with Gasteiger partial charge in [-0.25, -0.2) is 0 Å². The van der Waals surface area contributed by atoms with Crippen molar-refractivity contribution in [1.29, 1.82) is 0 Å². The minimum absolute atomic E-state index is 0.499. The van der Waals surface area contributed by atoms with Gasteiger partial charge in [-0.15, -0.1) is 0 Å². The van der Waals surface area contributed by atoms with Crippen LogP contribution in [-0.2, 0) is 0 Å². The lowest BCUT2D eigenvalue weighted by atomic mass is 10.1. The molecule has 0 atom stereocenters. The molecule has 0 bridgehead atoms. The Kier molecular flexibility index (Phi) is 3.16. The van der Waals surface area contributed by atoms with Crippen molar-refractivity contribution in [2.45, 2.75) is 13.1 Å². The van der Waals surface area contributed by atoms with Gasteiger partial charge >= 0.3 is 6.18 Å². The molecule has 0 aromatic heterocycles. The maximum atomic E-state index is 12.3. The van der Waals surface area contributed by atoms with Crippen molar-refractivity contribution in [3.63, 3.8) is 0 Å². The third kappa shape index (κ3) is 2.48. The highest BCUT2D eigenvalue weighted by atomic mass is 19.4. The topological polar surface area (TPSA) is 12.0 Å². The molecular weight excluding hydrogens is 191 g/mol. The average molecular weight is 203 g/mol. The van der Waals surface area contributed by atoms with Gasteiger partial charge in [-0.1, -0.05) is 18.2 Å². The Balaban J connectivity index is 2.95. The highest BCUT2D eigenvalue weighted by Gasteiger charge is 2.31. The summed E-state index contributed by atoms with van der Waals surface area (Å²) in [6, 6.07) is 0.